The summed E-state index contributed by atoms with van der Waals surface area (Å²) >= 11 is 0. The van der Waals surface area contributed by atoms with Crippen molar-refractivity contribution < 1.29 is 14.3 Å². The number of carbonyl (C=O) groups excluding carboxylic acids is 2. The monoisotopic (exact) mass is 421 g/mol. The van der Waals surface area contributed by atoms with Crippen molar-refractivity contribution in [1.82, 2.24) is 24.7 Å². The quantitative estimate of drug-likeness (QED) is 0.602. The number of hydrogen-bond acceptors (Lipinski definition) is 8. The zero-order valence-electron chi connectivity index (χ0n) is 17.1. The van der Waals surface area contributed by atoms with E-state index in [1.807, 2.05) is 6.07 Å². The van der Waals surface area contributed by atoms with Gasteiger partial charge in [0, 0.05) is 24.8 Å². The number of amides is 1. The zero-order valence-corrected chi connectivity index (χ0v) is 17.1. The van der Waals surface area contributed by atoms with Crippen LogP contribution in [0.5, 0.6) is 0 Å². The number of aromatic nitrogens is 5. The average molecular weight is 421 g/mol. The van der Waals surface area contributed by atoms with Crippen LogP contribution in [0.2, 0.25) is 0 Å². The molecule has 1 aromatic carbocycles. The topological polar surface area (TPSA) is 115 Å². The number of ether oxygens (including phenoxy) is 1. The number of piperidine rings is 1. The minimum absolute atomic E-state index is 0.0564. The molecule has 0 spiro atoms. The van der Waals surface area contributed by atoms with Gasteiger partial charge >= 0.3 is 5.97 Å². The second kappa shape index (κ2) is 9.33. The third-order valence-corrected chi connectivity index (χ3v) is 5.07. The molecule has 0 radical (unpaired) electrons. The van der Waals surface area contributed by atoms with Gasteiger partial charge in [-0.15, -0.1) is 0 Å². The van der Waals surface area contributed by atoms with E-state index in [1.54, 1.807) is 42.2 Å². The van der Waals surface area contributed by atoms with Gasteiger partial charge in [-0.05, 0) is 44.0 Å². The lowest BCUT2D eigenvalue weighted by Gasteiger charge is -2.32. The second-order valence-corrected chi connectivity index (χ2v) is 7.15. The van der Waals surface area contributed by atoms with E-state index in [4.69, 9.17) is 4.74 Å². The minimum atomic E-state index is -0.376. The SMILES string of the molecule is CCOC(=O)c1ccc(NC(=O)[C@H]2CCCN(c3cc(-n4cncn4)ncn3)C2)cc1. The van der Waals surface area contributed by atoms with Crippen LogP contribution < -0.4 is 10.2 Å². The number of hydrogen-bond donors (Lipinski definition) is 1. The number of carbonyl (C=O) groups is 2. The van der Waals surface area contributed by atoms with E-state index >= 15 is 0 Å². The van der Waals surface area contributed by atoms with E-state index in [0.717, 1.165) is 25.2 Å². The Morgan fingerprint density at radius 3 is 2.71 bits per heavy atom. The maximum Gasteiger partial charge on any atom is 0.338 e. The molecule has 3 heterocycles. The molecule has 0 bridgehead atoms. The molecule has 1 N–H and O–H groups in total. The predicted octanol–water partition coefficient (Wildman–Crippen LogP) is 2.09. The molecule has 10 nitrogen and oxygen atoms in total. The highest BCUT2D eigenvalue weighted by atomic mass is 16.5. The van der Waals surface area contributed by atoms with Crippen LogP contribution >= 0.6 is 0 Å². The normalized spacial score (nSPS) is 16.0. The first-order valence-electron chi connectivity index (χ1n) is 10.1. The Balaban J connectivity index is 1.40. The van der Waals surface area contributed by atoms with Crippen LogP contribution in [-0.2, 0) is 9.53 Å². The molecule has 1 atom stereocenters. The minimum Gasteiger partial charge on any atom is -0.462 e. The molecular formula is C21H23N7O3. The van der Waals surface area contributed by atoms with Gasteiger partial charge < -0.3 is 15.0 Å². The van der Waals surface area contributed by atoms with Crippen molar-refractivity contribution in [2.45, 2.75) is 19.8 Å². The third-order valence-electron chi connectivity index (χ3n) is 5.07. The molecule has 2 aromatic heterocycles. The van der Waals surface area contributed by atoms with Crippen molar-refractivity contribution in [1.29, 1.82) is 0 Å². The lowest BCUT2D eigenvalue weighted by Crippen LogP contribution is -2.41. The van der Waals surface area contributed by atoms with Crippen LogP contribution in [0.4, 0.5) is 11.5 Å². The highest BCUT2D eigenvalue weighted by Gasteiger charge is 2.27. The van der Waals surface area contributed by atoms with Gasteiger partial charge in [0.25, 0.3) is 0 Å². The number of esters is 1. The first kappa shape index (κ1) is 20.5. The smallest absolute Gasteiger partial charge is 0.338 e. The van der Waals surface area contributed by atoms with Gasteiger partial charge in [-0.2, -0.15) is 5.10 Å². The summed E-state index contributed by atoms with van der Waals surface area (Å²) in [5, 5.41) is 7.04. The van der Waals surface area contributed by atoms with Gasteiger partial charge in [-0.1, -0.05) is 0 Å². The molecule has 31 heavy (non-hydrogen) atoms. The molecule has 1 fully saturated rings. The molecule has 10 heteroatoms. The summed E-state index contributed by atoms with van der Waals surface area (Å²) in [7, 11) is 0. The fourth-order valence-corrected chi connectivity index (χ4v) is 3.51. The third kappa shape index (κ3) is 4.85. The number of rotatable bonds is 6. The van der Waals surface area contributed by atoms with Crippen LogP contribution in [0.15, 0.2) is 49.3 Å². The molecule has 1 aliphatic rings. The lowest BCUT2D eigenvalue weighted by molar-refractivity contribution is -0.120. The highest BCUT2D eigenvalue weighted by molar-refractivity contribution is 5.94. The van der Waals surface area contributed by atoms with E-state index in [-0.39, 0.29) is 17.8 Å². The number of benzene rings is 1. The Hall–Kier alpha value is -3.82. The molecule has 0 saturated carbocycles. The Bertz CT molecular complexity index is 1040. The largest absolute Gasteiger partial charge is 0.462 e. The van der Waals surface area contributed by atoms with E-state index in [2.05, 4.69) is 30.3 Å². The standard InChI is InChI=1S/C21H23N7O3/c1-2-31-21(30)15-5-7-17(8-6-15)26-20(29)16-4-3-9-27(11-16)18-10-19(24-13-23-18)28-14-22-12-25-28/h5-8,10,12-14,16H,2-4,9,11H2,1H3,(H,26,29)/t16-/m0/s1. The maximum absolute atomic E-state index is 12.8. The van der Waals surface area contributed by atoms with Crippen LogP contribution in [0.3, 0.4) is 0 Å². The van der Waals surface area contributed by atoms with Crippen molar-refractivity contribution in [2.24, 2.45) is 5.92 Å². The molecule has 4 rings (SSSR count). The summed E-state index contributed by atoms with van der Waals surface area (Å²) in [5.41, 5.74) is 1.10. The summed E-state index contributed by atoms with van der Waals surface area (Å²) in [5.74, 6) is 0.758. The van der Waals surface area contributed by atoms with Gasteiger partial charge in [-0.25, -0.2) is 24.4 Å². The molecular weight excluding hydrogens is 398 g/mol. The van der Waals surface area contributed by atoms with Crippen molar-refractivity contribution in [3.63, 3.8) is 0 Å². The number of nitrogens with zero attached hydrogens (tertiary/aromatic N) is 6. The Kier molecular flexibility index (Phi) is 6.16. The summed E-state index contributed by atoms with van der Waals surface area (Å²) in [6.07, 6.45) is 6.18. The van der Waals surface area contributed by atoms with E-state index in [9.17, 15) is 9.59 Å². The lowest BCUT2D eigenvalue weighted by atomic mass is 9.97. The van der Waals surface area contributed by atoms with Gasteiger partial charge in [0.1, 0.15) is 24.8 Å². The molecule has 1 amide bonds. The second-order valence-electron chi connectivity index (χ2n) is 7.15. The molecule has 0 aliphatic carbocycles. The Morgan fingerprint density at radius 2 is 1.97 bits per heavy atom. The van der Waals surface area contributed by atoms with Crippen molar-refractivity contribution in [2.75, 3.05) is 29.9 Å². The van der Waals surface area contributed by atoms with Crippen molar-refractivity contribution in [3.05, 3.63) is 54.9 Å². The zero-order chi connectivity index (χ0) is 21.6. The summed E-state index contributed by atoms with van der Waals surface area (Å²) in [4.78, 5) is 39.2. The highest BCUT2D eigenvalue weighted by Crippen LogP contribution is 2.24. The van der Waals surface area contributed by atoms with Crippen molar-refractivity contribution in [3.8, 4) is 5.82 Å². The molecule has 1 aliphatic heterocycles. The van der Waals surface area contributed by atoms with Crippen LogP contribution in [0.25, 0.3) is 5.82 Å². The Morgan fingerprint density at radius 1 is 1.16 bits per heavy atom. The molecule has 1 saturated heterocycles. The molecule has 160 valence electrons. The fourth-order valence-electron chi connectivity index (χ4n) is 3.51. The Labute approximate surface area is 179 Å². The summed E-state index contributed by atoms with van der Waals surface area (Å²) in [6.45, 7) is 3.45. The van der Waals surface area contributed by atoms with Crippen LogP contribution in [0, 0.1) is 5.92 Å². The van der Waals surface area contributed by atoms with Gasteiger partial charge in [0.15, 0.2) is 5.82 Å². The van der Waals surface area contributed by atoms with Gasteiger partial charge in [0.2, 0.25) is 5.91 Å². The maximum atomic E-state index is 12.8. The molecule has 0 unspecified atom stereocenters. The van der Waals surface area contributed by atoms with E-state index in [0.29, 0.717) is 30.2 Å². The van der Waals surface area contributed by atoms with E-state index < -0.39 is 0 Å². The predicted molar refractivity (Wildman–Crippen MR) is 113 cm³/mol. The number of nitrogens with one attached hydrogen (secondary N) is 1. The van der Waals surface area contributed by atoms with E-state index in [1.165, 1.54) is 12.7 Å². The number of anilines is 2. The summed E-state index contributed by atoms with van der Waals surface area (Å²) < 4.78 is 6.55. The van der Waals surface area contributed by atoms with Gasteiger partial charge in [-0.3, -0.25) is 4.79 Å². The van der Waals surface area contributed by atoms with Crippen LogP contribution in [0.1, 0.15) is 30.1 Å². The summed E-state index contributed by atoms with van der Waals surface area (Å²) in [6, 6.07) is 8.54. The molecule has 3 aromatic rings. The van der Waals surface area contributed by atoms with Crippen LogP contribution in [-0.4, -0.2) is 56.3 Å². The fraction of sp³-hybridized carbons (Fsp3) is 0.333. The average Bonchev–Trinajstić information content (AvgIpc) is 3.35. The van der Waals surface area contributed by atoms with Gasteiger partial charge in [0.05, 0.1) is 18.1 Å². The first-order valence-corrected chi connectivity index (χ1v) is 10.1. The first-order chi connectivity index (χ1) is 15.1. The van der Waals surface area contributed by atoms with Crippen molar-refractivity contribution >= 4 is 23.4 Å².